The van der Waals surface area contributed by atoms with Crippen LogP contribution in [0.2, 0.25) is 0 Å². The van der Waals surface area contributed by atoms with Gasteiger partial charge in [0.1, 0.15) is 0 Å². The molecule has 26 heavy (non-hydrogen) atoms. The fourth-order valence-electron chi connectivity index (χ4n) is 5.09. The molecule has 2 aliphatic carbocycles. The molecule has 0 bridgehead atoms. The lowest BCUT2D eigenvalue weighted by molar-refractivity contribution is -0.159. The molecule has 3 fully saturated rings. The predicted molar refractivity (Wildman–Crippen MR) is 99.0 cm³/mol. The number of likely N-dealkylation sites (tertiary alicyclic amines) is 1. The Morgan fingerprint density at radius 3 is 2.50 bits per heavy atom. The summed E-state index contributed by atoms with van der Waals surface area (Å²) in [6, 6.07) is 6.85. The molecule has 1 aromatic rings. The van der Waals surface area contributed by atoms with E-state index in [-0.39, 0.29) is 17.9 Å². The fourth-order valence-corrected chi connectivity index (χ4v) is 5.09. The standard InChI is InChI=1S/C21H28N2O3/c1-13-4-5-18(14(2)6-13)16-9-21(10-16)11-23(12-21)19(24)15-7-17(8-15)22-20(25)26-3/h4-6,15-17H,7-12H2,1-3H3,(H,22,25). The summed E-state index contributed by atoms with van der Waals surface area (Å²) >= 11 is 0. The normalized spacial score (nSPS) is 26.5. The van der Waals surface area contributed by atoms with Crippen LogP contribution in [0.1, 0.15) is 48.3 Å². The number of rotatable bonds is 3. The molecular weight excluding hydrogens is 328 g/mol. The van der Waals surface area contributed by atoms with E-state index in [0.29, 0.717) is 11.3 Å². The Bertz CT molecular complexity index is 725. The molecule has 5 nitrogen and oxygen atoms in total. The second-order valence-corrected chi connectivity index (χ2v) is 8.66. The maximum Gasteiger partial charge on any atom is 0.407 e. The second kappa shape index (κ2) is 6.29. The van der Waals surface area contributed by atoms with Gasteiger partial charge < -0.3 is 15.0 Å². The van der Waals surface area contributed by atoms with Gasteiger partial charge in [0.05, 0.1) is 7.11 Å². The molecule has 0 unspecified atom stereocenters. The Balaban J connectivity index is 1.23. The summed E-state index contributed by atoms with van der Waals surface area (Å²) < 4.78 is 4.60. The molecule has 0 atom stereocenters. The zero-order valence-electron chi connectivity index (χ0n) is 15.9. The molecule has 1 aliphatic heterocycles. The Hall–Kier alpha value is -2.04. The van der Waals surface area contributed by atoms with Gasteiger partial charge in [-0.05, 0) is 56.6 Å². The van der Waals surface area contributed by atoms with Crippen molar-refractivity contribution in [2.45, 2.75) is 51.5 Å². The highest BCUT2D eigenvalue weighted by Gasteiger charge is 2.55. The number of hydrogen-bond acceptors (Lipinski definition) is 3. The van der Waals surface area contributed by atoms with Crippen molar-refractivity contribution in [2.75, 3.05) is 20.2 Å². The molecule has 5 heteroatoms. The number of nitrogens with zero attached hydrogens (tertiary/aromatic N) is 1. The molecule has 3 aliphatic rings. The van der Waals surface area contributed by atoms with E-state index in [0.717, 1.165) is 25.9 Å². The quantitative estimate of drug-likeness (QED) is 0.905. The van der Waals surface area contributed by atoms with Gasteiger partial charge in [-0.25, -0.2) is 4.79 Å². The van der Waals surface area contributed by atoms with Gasteiger partial charge >= 0.3 is 6.09 Å². The molecule has 1 spiro atoms. The van der Waals surface area contributed by atoms with Crippen molar-refractivity contribution in [1.82, 2.24) is 10.2 Å². The highest BCUT2D eigenvalue weighted by Crippen LogP contribution is 2.57. The van der Waals surface area contributed by atoms with Gasteiger partial charge in [-0.1, -0.05) is 23.8 Å². The minimum atomic E-state index is -0.407. The average molecular weight is 356 g/mol. The number of aryl methyl sites for hydroxylation is 2. The largest absolute Gasteiger partial charge is 0.453 e. The van der Waals surface area contributed by atoms with Crippen LogP contribution in [0.4, 0.5) is 4.79 Å². The molecule has 4 rings (SSSR count). The number of ether oxygens (including phenoxy) is 1. The summed E-state index contributed by atoms with van der Waals surface area (Å²) in [7, 11) is 1.36. The summed E-state index contributed by atoms with van der Waals surface area (Å²) in [5.41, 5.74) is 4.57. The van der Waals surface area contributed by atoms with Crippen LogP contribution in [0.15, 0.2) is 18.2 Å². The summed E-state index contributed by atoms with van der Waals surface area (Å²) in [6.45, 7) is 6.18. The maximum absolute atomic E-state index is 12.6. The first-order valence-electron chi connectivity index (χ1n) is 9.59. The zero-order valence-corrected chi connectivity index (χ0v) is 15.9. The van der Waals surface area contributed by atoms with Gasteiger partial charge in [-0.15, -0.1) is 0 Å². The predicted octanol–water partition coefficient (Wildman–Crippen LogP) is 3.14. The molecule has 2 saturated carbocycles. The van der Waals surface area contributed by atoms with E-state index in [1.54, 1.807) is 0 Å². The van der Waals surface area contributed by atoms with Gasteiger partial charge in [0.25, 0.3) is 0 Å². The first-order chi connectivity index (χ1) is 12.4. The lowest BCUT2D eigenvalue weighted by atomic mass is 9.55. The Labute approximate surface area is 155 Å². The van der Waals surface area contributed by atoms with Crippen molar-refractivity contribution in [3.8, 4) is 0 Å². The molecule has 1 aromatic carbocycles. The van der Waals surface area contributed by atoms with Crippen LogP contribution in [0.5, 0.6) is 0 Å². The number of hydrogen-bond donors (Lipinski definition) is 1. The van der Waals surface area contributed by atoms with Gasteiger partial charge in [-0.2, -0.15) is 0 Å². The fraction of sp³-hybridized carbons (Fsp3) is 0.619. The van der Waals surface area contributed by atoms with Crippen molar-refractivity contribution in [3.05, 3.63) is 34.9 Å². The second-order valence-electron chi connectivity index (χ2n) is 8.66. The minimum Gasteiger partial charge on any atom is -0.453 e. The summed E-state index contributed by atoms with van der Waals surface area (Å²) in [5.74, 6) is 1.00. The SMILES string of the molecule is COC(=O)NC1CC(C(=O)N2CC3(CC(c4ccc(C)cc4C)C3)C2)C1. The smallest absolute Gasteiger partial charge is 0.407 e. The first-order valence-corrected chi connectivity index (χ1v) is 9.59. The van der Waals surface area contributed by atoms with E-state index in [1.807, 2.05) is 4.90 Å². The average Bonchev–Trinajstić information content (AvgIpc) is 2.48. The third-order valence-corrected chi connectivity index (χ3v) is 6.58. The van der Waals surface area contributed by atoms with Gasteiger partial charge in [0.15, 0.2) is 0 Å². The highest BCUT2D eigenvalue weighted by atomic mass is 16.5. The molecule has 0 aromatic heterocycles. The van der Waals surface area contributed by atoms with Crippen LogP contribution in [0.3, 0.4) is 0 Å². The molecule has 0 radical (unpaired) electrons. The van der Waals surface area contributed by atoms with Crippen molar-refractivity contribution in [3.63, 3.8) is 0 Å². The van der Waals surface area contributed by atoms with Gasteiger partial charge in [0, 0.05) is 30.5 Å². The van der Waals surface area contributed by atoms with E-state index in [2.05, 4.69) is 42.1 Å². The maximum atomic E-state index is 12.6. The van der Waals surface area contributed by atoms with Crippen molar-refractivity contribution in [1.29, 1.82) is 0 Å². The van der Waals surface area contributed by atoms with Crippen LogP contribution in [-0.4, -0.2) is 43.1 Å². The van der Waals surface area contributed by atoms with Crippen LogP contribution >= 0.6 is 0 Å². The Kier molecular flexibility index (Phi) is 4.20. The summed E-state index contributed by atoms with van der Waals surface area (Å²) in [5, 5.41) is 2.77. The Morgan fingerprint density at radius 2 is 1.88 bits per heavy atom. The van der Waals surface area contributed by atoms with Gasteiger partial charge in [0.2, 0.25) is 5.91 Å². The monoisotopic (exact) mass is 356 g/mol. The number of nitrogens with one attached hydrogen (secondary N) is 1. The number of alkyl carbamates (subject to hydrolysis) is 1. The molecule has 140 valence electrons. The minimum absolute atomic E-state index is 0.0738. The first kappa shape index (κ1) is 17.4. The van der Waals surface area contributed by atoms with Crippen LogP contribution in [0, 0.1) is 25.2 Å². The molecule has 1 saturated heterocycles. The van der Waals surface area contributed by atoms with Gasteiger partial charge in [-0.3, -0.25) is 4.79 Å². The van der Waals surface area contributed by atoms with Crippen molar-refractivity contribution >= 4 is 12.0 Å². The number of carbonyl (C=O) groups is 2. The summed E-state index contributed by atoms with van der Waals surface area (Å²) in [6.07, 6.45) is 3.48. The molecule has 1 N–H and O–H groups in total. The Morgan fingerprint density at radius 1 is 1.19 bits per heavy atom. The highest BCUT2D eigenvalue weighted by molar-refractivity contribution is 5.81. The van der Waals surface area contributed by atoms with E-state index in [1.165, 1.54) is 36.6 Å². The van der Waals surface area contributed by atoms with Crippen LogP contribution < -0.4 is 5.32 Å². The van der Waals surface area contributed by atoms with E-state index < -0.39 is 6.09 Å². The van der Waals surface area contributed by atoms with E-state index >= 15 is 0 Å². The number of amides is 2. The topological polar surface area (TPSA) is 58.6 Å². The molecular formula is C21H28N2O3. The number of carbonyl (C=O) groups excluding carboxylic acids is 2. The number of benzene rings is 1. The van der Waals surface area contributed by atoms with Crippen LogP contribution in [0.25, 0.3) is 0 Å². The van der Waals surface area contributed by atoms with Crippen LogP contribution in [-0.2, 0) is 9.53 Å². The third-order valence-electron chi connectivity index (χ3n) is 6.58. The van der Waals surface area contributed by atoms with E-state index in [9.17, 15) is 9.59 Å². The third kappa shape index (κ3) is 2.97. The zero-order chi connectivity index (χ0) is 18.5. The number of methoxy groups -OCH3 is 1. The summed E-state index contributed by atoms with van der Waals surface area (Å²) in [4.78, 5) is 25.8. The van der Waals surface area contributed by atoms with Crippen molar-refractivity contribution < 1.29 is 14.3 Å². The lowest BCUT2D eigenvalue weighted by Gasteiger charge is -2.60. The van der Waals surface area contributed by atoms with E-state index in [4.69, 9.17) is 0 Å². The molecule has 1 heterocycles. The lowest BCUT2D eigenvalue weighted by Crippen LogP contribution is -2.65. The molecule has 2 amide bonds. The van der Waals surface area contributed by atoms with Crippen molar-refractivity contribution in [2.24, 2.45) is 11.3 Å².